The first-order valence-corrected chi connectivity index (χ1v) is 7.38. The Morgan fingerprint density at radius 1 is 1.47 bits per heavy atom. The Kier molecular flexibility index (Phi) is 4.93. The van der Waals surface area contributed by atoms with Crippen LogP contribution in [0.25, 0.3) is 0 Å². The van der Waals surface area contributed by atoms with E-state index < -0.39 is 5.82 Å². The van der Waals surface area contributed by atoms with Crippen molar-refractivity contribution in [2.75, 3.05) is 19.6 Å². The molecule has 0 saturated carbocycles. The quantitative estimate of drug-likeness (QED) is 0.925. The van der Waals surface area contributed by atoms with E-state index >= 15 is 0 Å². The number of hydrogen-bond acceptors (Lipinski definition) is 2. The van der Waals surface area contributed by atoms with Gasteiger partial charge < -0.3 is 10.2 Å². The monoisotopic (exact) mass is 328 g/mol. The van der Waals surface area contributed by atoms with Crippen molar-refractivity contribution in [2.45, 2.75) is 25.8 Å². The van der Waals surface area contributed by atoms with Crippen molar-refractivity contribution in [1.82, 2.24) is 10.2 Å². The number of amides is 1. The highest BCUT2D eigenvalue weighted by Crippen LogP contribution is 2.21. The highest BCUT2D eigenvalue weighted by Gasteiger charge is 2.21. The van der Waals surface area contributed by atoms with Crippen molar-refractivity contribution in [2.24, 2.45) is 0 Å². The van der Waals surface area contributed by atoms with Gasteiger partial charge in [0.05, 0.1) is 10.0 Å². The topological polar surface area (TPSA) is 32.3 Å². The lowest BCUT2D eigenvalue weighted by molar-refractivity contribution is 0.0911. The lowest BCUT2D eigenvalue weighted by Gasteiger charge is -2.31. The molecule has 1 aliphatic rings. The number of rotatable bonds is 3. The zero-order valence-electron chi connectivity index (χ0n) is 11.0. The lowest BCUT2D eigenvalue weighted by Crippen LogP contribution is -2.44. The van der Waals surface area contributed by atoms with Crippen molar-refractivity contribution < 1.29 is 9.18 Å². The molecular weight excluding hydrogens is 311 g/mol. The van der Waals surface area contributed by atoms with E-state index in [0.29, 0.717) is 5.56 Å². The Morgan fingerprint density at radius 2 is 2.16 bits per heavy atom. The van der Waals surface area contributed by atoms with Gasteiger partial charge in [0, 0.05) is 19.1 Å². The van der Waals surface area contributed by atoms with Gasteiger partial charge in [0.1, 0.15) is 5.82 Å². The maximum absolute atomic E-state index is 13.4. The minimum Gasteiger partial charge on any atom is -0.349 e. The van der Waals surface area contributed by atoms with E-state index in [1.807, 2.05) is 0 Å². The zero-order valence-corrected chi connectivity index (χ0v) is 12.5. The van der Waals surface area contributed by atoms with Crippen LogP contribution in [0, 0.1) is 5.82 Å². The van der Waals surface area contributed by atoms with E-state index in [9.17, 15) is 9.18 Å². The van der Waals surface area contributed by atoms with Gasteiger partial charge in [0.25, 0.3) is 5.91 Å². The number of likely N-dealkylation sites (tertiary alicyclic amines) is 1. The molecule has 0 atom stereocenters. The predicted octanol–water partition coefficient (Wildman–Crippen LogP) is 2.80. The van der Waals surface area contributed by atoms with E-state index in [2.05, 4.69) is 33.1 Å². The second-order valence-electron chi connectivity index (χ2n) is 4.78. The molecule has 1 N–H and O–H groups in total. The van der Waals surface area contributed by atoms with E-state index in [0.717, 1.165) is 32.5 Å². The Labute approximate surface area is 121 Å². The van der Waals surface area contributed by atoms with Crippen LogP contribution in [0.15, 0.2) is 22.7 Å². The first-order valence-electron chi connectivity index (χ1n) is 6.59. The van der Waals surface area contributed by atoms with Crippen molar-refractivity contribution in [3.05, 3.63) is 34.1 Å². The molecule has 1 heterocycles. The third-order valence-electron chi connectivity index (χ3n) is 3.57. The molecule has 0 unspecified atom stereocenters. The molecule has 0 bridgehead atoms. The molecular formula is C14H18BrFN2O. The highest BCUT2D eigenvalue weighted by atomic mass is 79.9. The van der Waals surface area contributed by atoms with Gasteiger partial charge in [-0.05, 0) is 47.4 Å². The molecule has 2 rings (SSSR count). The van der Waals surface area contributed by atoms with Gasteiger partial charge in [0.15, 0.2) is 0 Å². The molecule has 1 amide bonds. The van der Waals surface area contributed by atoms with Gasteiger partial charge in [-0.2, -0.15) is 0 Å². The Morgan fingerprint density at radius 3 is 2.79 bits per heavy atom. The van der Waals surface area contributed by atoms with Crippen molar-refractivity contribution in [1.29, 1.82) is 0 Å². The summed E-state index contributed by atoms with van der Waals surface area (Å²) in [5, 5.41) is 2.99. The molecule has 19 heavy (non-hydrogen) atoms. The van der Waals surface area contributed by atoms with Crippen LogP contribution in [0.2, 0.25) is 0 Å². The SMILES string of the molecule is CCN1CCC(NC(=O)c2cccc(F)c2Br)CC1. The third kappa shape index (κ3) is 3.54. The van der Waals surface area contributed by atoms with E-state index in [1.165, 1.54) is 6.07 Å². The Balaban J connectivity index is 1.96. The second kappa shape index (κ2) is 6.48. The van der Waals surface area contributed by atoms with Crippen LogP contribution in [0.3, 0.4) is 0 Å². The van der Waals surface area contributed by atoms with Crippen LogP contribution in [0.4, 0.5) is 4.39 Å². The second-order valence-corrected chi connectivity index (χ2v) is 5.58. The third-order valence-corrected chi connectivity index (χ3v) is 4.37. The fraction of sp³-hybridized carbons (Fsp3) is 0.500. The molecule has 1 aromatic rings. The average Bonchev–Trinajstić information content (AvgIpc) is 2.42. The molecule has 1 aliphatic heterocycles. The van der Waals surface area contributed by atoms with E-state index in [4.69, 9.17) is 0 Å². The summed E-state index contributed by atoms with van der Waals surface area (Å²) in [5.41, 5.74) is 0.359. The first kappa shape index (κ1) is 14.5. The van der Waals surface area contributed by atoms with Crippen molar-refractivity contribution in [3.8, 4) is 0 Å². The molecule has 0 aromatic heterocycles. The number of carbonyl (C=O) groups is 1. The number of benzene rings is 1. The molecule has 3 nitrogen and oxygen atoms in total. The summed E-state index contributed by atoms with van der Waals surface area (Å²) in [5.74, 6) is -0.616. The molecule has 5 heteroatoms. The molecule has 0 spiro atoms. The fourth-order valence-electron chi connectivity index (χ4n) is 2.34. The molecule has 104 valence electrons. The average molecular weight is 329 g/mol. The van der Waals surface area contributed by atoms with Gasteiger partial charge in [-0.1, -0.05) is 13.0 Å². The number of piperidine rings is 1. The minimum atomic E-state index is -0.409. The van der Waals surface area contributed by atoms with Gasteiger partial charge >= 0.3 is 0 Å². The van der Waals surface area contributed by atoms with Crippen LogP contribution in [0.5, 0.6) is 0 Å². The maximum atomic E-state index is 13.4. The Hall–Kier alpha value is -0.940. The minimum absolute atomic E-state index is 0.186. The van der Waals surface area contributed by atoms with E-state index in [-0.39, 0.29) is 16.4 Å². The standard InChI is InChI=1S/C14H18BrFN2O/c1-2-18-8-6-10(7-9-18)17-14(19)11-4-3-5-12(16)13(11)15/h3-5,10H,2,6-9H2,1H3,(H,17,19). The highest BCUT2D eigenvalue weighted by molar-refractivity contribution is 9.10. The number of nitrogens with one attached hydrogen (secondary N) is 1. The van der Waals surface area contributed by atoms with E-state index in [1.54, 1.807) is 12.1 Å². The van der Waals surface area contributed by atoms with Gasteiger partial charge in [-0.3, -0.25) is 4.79 Å². The summed E-state index contributed by atoms with van der Waals surface area (Å²) in [4.78, 5) is 14.5. The van der Waals surface area contributed by atoms with Gasteiger partial charge in [-0.15, -0.1) is 0 Å². The van der Waals surface area contributed by atoms with Crippen LogP contribution in [0.1, 0.15) is 30.1 Å². The van der Waals surface area contributed by atoms with Crippen LogP contribution in [-0.4, -0.2) is 36.5 Å². The van der Waals surface area contributed by atoms with Crippen molar-refractivity contribution >= 4 is 21.8 Å². The first-order chi connectivity index (χ1) is 9.11. The maximum Gasteiger partial charge on any atom is 0.252 e. The summed E-state index contributed by atoms with van der Waals surface area (Å²) < 4.78 is 13.6. The number of halogens is 2. The summed E-state index contributed by atoms with van der Waals surface area (Å²) in [7, 11) is 0. The summed E-state index contributed by atoms with van der Waals surface area (Å²) in [6, 6.07) is 4.70. The summed E-state index contributed by atoms with van der Waals surface area (Å²) in [6.45, 7) is 5.20. The van der Waals surface area contributed by atoms with Crippen molar-refractivity contribution in [3.63, 3.8) is 0 Å². The smallest absolute Gasteiger partial charge is 0.252 e. The number of carbonyl (C=O) groups excluding carboxylic acids is 1. The Bertz CT molecular complexity index is 459. The molecule has 0 aliphatic carbocycles. The van der Waals surface area contributed by atoms with Crippen LogP contribution in [-0.2, 0) is 0 Å². The summed E-state index contributed by atoms with van der Waals surface area (Å²) in [6.07, 6.45) is 1.90. The summed E-state index contributed by atoms with van der Waals surface area (Å²) >= 11 is 3.12. The van der Waals surface area contributed by atoms with Crippen LogP contribution >= 0.6 is 15.9 Å². The molecule has 1 aromatic carbocycles. The number of hydrogen-bond donors (Lipinski definition) is 1. The molecule has 1 saturated heterocycles. The fourth-order valence-corrected chi connectivity index (χ4v) is 2.78. The van der Waals surface area contributed by atoms with Gasteiger partial charge in [-0.25, -0.2) is 4.39 Å². The molecule has 1 fully saturated rings. The zero-order chi connectivity index (χ0) is 13.8. The van der Waals surface area contributed by atoms with Crippen LogP contribution < -0.4 is 5.32 Å². The number of nitrogens with zero attached hydrogens (tertiary/aromatic N) is 1. The normalized spacial score (nSPS) is 17.4. The lowest BCUT2D eigenvalue weighted by atomic mass is 10.0. The largest absolute Gasteiger partial charge is 0.349 e. The predicted molar refractivity (Wildman–Crippen MR) is 76.7 cm³/mol. The van der Waals surface area contributed by atoms with Gasteiger partial charge in [0.2, 0.25) is 0 Å². The molecule has 0 radical (unpaired) electrons.